The molecule has 0 spiro atoms. The Morgan fingerprint density at radius 2 is 1.76 bits per heavy atom. The first-order valence-corrected chi connectivity index (χ1v) is 8.47. The van der Waals surface area contributed by atoms with Crippen LogP contribution in [0.5, 0.6) is 5.75 Å². The van der Waals surface area contributed by atoms with Gasteiger partial charge in [-0.3, -0.25) is 9.69 Å². The van der Waals surface area contributed by atoms with Crippen molar-refractivity contribution in [3.05, 3.63) is 54.6 Å². The zero-order chi connectivity index (χ0) is 18.4. The van der Waals surface area contributed by atoms with E-state index in [0.29, 0.717) is 12.2 Å². The second kappa shape index (κ2) is 8.43. The number of rotatable bonds is 4. The molecule has 2 rings (SSSR count). The quantitative estimate of drug-likeness (QED) is 0.732. The minimum Gasteiger partial charge on any atom is -0.410 e. The second-order valence-corrected chi connectivity index (χ2v) is 7.21. The molecule has 0 saturated heterocycles. The monoisotopic (exact) mass is 400 g/mol. The van der Waals surface area contributed by atoms with Crippen molar-refractivity contribution >= 4 is 58.2 Å². The number of nitrogens with zero attached hydrogens (tertiary/aromatic N) is 1. The molecule has 2 amide bonds. The maximum absolute atomic E-state index is 12.4. The lowest BCUT2D eigenvalue weighted by Gasteiger charge is -2.20. The Balaban J connectivity index is 2.11. The lowest BCUT2D eigenvalue weighted by Crippen LogP contribution is -2.33. The van der Waals surface area contributed by atoms with Crippen molar-refractivity contribution in [2.75, 3.05) is 16.8 Å². The van der Waals surface area contributed by atoms with E-state index in [4.69, 9.17) is 39.5 Å². The van der Waals surface area contributed by atoms with Gasteiger partial charge in [0.25, 0.3) is 9.70 Å². The first-order chi connectivity index (χ1) is 11.8. The SMILES string of the molecule is CCN(C(=O)Oc1cccc(NC(=O)C(Cl)(Cl)Cl)c1)c1ccccc1. The lowest BCUT2D eigenvalue weighted by molar-refractivity contribution is -0.115. The van der Waals surface area contributed by atoms with E-state index in [1.807, 2.05) is 37.3 Å². The summed E-state index contributed by atoms with van der Waals surface area (Å²) >= 11 is 16.5. The van der Waals surface area contributed by atoms with E-state index in [0.717, 1.165) is 5.69 Å². The first-order valence-electron chi connectivity index (χ1n) is 7.34. The van der Waals surface area contributed by atoms with E-state index in [2.05, 4.69) is 5.32 Å². The Morgan fingerprint density at radius 1 is 1.08 bits per heavy atom. The van der Waals surface area contributed by atoms with Gasteiger partial charge in [-0.15, -0.1) is 0 Å². The third-order valence-corrected chi connectivity index (χ3v) is 3.67. The highest BCUT2D eigenvalue weighted by Crippen LogP contribution is 2.28. The van der Waals surface area contributed by atoms with Gasteiger partial charge in [0.1, 0.15) is 5.75 Å². The average Bonchev–Trinajstić information content (AvgIpc) is 2.56. The molecular formula is C17H15Cl3N2O3. The molecule has 0 fully saturated rings. The fourth-order valence-electron chi connectivity index (χ4n) is 2.02. The molecule has 0 heterocycles. The molecule has 2 aromatic carbocycles. The number of para-hydroxylation sites is 1. The molecule has 5 nitrogen and oxygen atoms in total. The van der Waals surface area contributed by atoms with Crippen LogP contribution in [0, 0.1) is 0 Å². The van der Waals surface area contributed by atoms with Crippen LogP contribution >= 0.6 is 34.8 Å². The number of carbonyl (C=O) groups is 2. The molecule has 1 N–H and O–H groups in total. The van der Waals surface area contributed by atoms with Gasteiger partial charge in [0.2, 0.25) is 0 Å². The molecular weight excluding hydrogens is 387 g/mol. The van der Waals surface area contributed by atoms with Crippen molar-refractivity contribution in [3.8, 4) is 5.75 Å². The highest BCUT2D eigenvalue weighted by atomic mass is 35.6. The Hall–Kier alpha value is -1.95. The number of anilines is 2. The minimum absolute atomic E-state index is 0.251. The summed E-state index contributed by atoms with van der Waals surface area (Å²) in [5.74, 6) is -0.554. The number of carbonyl (C=O) groups excluding carboxylic acids is 2. The average molecular weight is 402 g/mol. The Labute approximate surface area is 160 Å². The summed E-state index contributed by atoms with van der Waals surface area (Å²) in [4.78, 5) is 25.6. The summed E-state index contributed by atoms with van der Waals surface area (Å²) in [6.07, 6.45) is -0.543. The van der Waals surface area contributed by atoms with E-state index in [1.54, 1.807) is 18.2 Å². The molecule has 0 atom stereocenters. The zero-order valence-corrected chi connectivity index (χ0v) is 15.5. The summed E-state index contributed by atoms with van der Waals surface area (Å²) in [5, 5.41) is 2.43. The van der Waals surface area contributed by atoms with E-state index < -0.39 is 15.8 Å². The molecule has 0 radical (unpaired) electrons. The summed E-state index contributed by atoms with van der Waals surface area (Å²) in [6, 6.07) is 15.4. The Morgan fingerprint density at radius 3 is 2.36 bits per heavy atom. The predicted octanol–water partition coefficient (Wildman–Crippen LogP) is 5.02. The van der Waals surface area contributed by atoms with Gasteiger partial charge in [-0.05, 0) is 31.2 Å². The third-order valence-electron chi connectivity index (χ3n) is 3.16. The normalized spacial score (nSPS) is 10.9. The summed E-state index contributed by atoms with van der Waals surface area (Å²) in [7, 11) is 0. The van der Waals surface area contributed by atoms with E-state index in [1.165, 1.54) is 11.0 Å². The predicted molar refractivity (Wildman–Crippen MR) is 101 cm³/mol. The zero-order valence-electron chi connectivity index (χ0n) is 13.2. The second-order valence-electron chi connectivity index (χ2n) is 4.93. The highest BCUT2D eigenvalue weighted by Gasteiger charge is 2.30. The van der Waals surface area contributed by atoms with Gasteiger partial charge in [0.05, 0.1) is 0 Å². The molecule has 0 unspecified atom stereocenters. The summed E-state index contributed by atoms with van der Waals surface area (Å²) < 4.78 is 3.28. The number of nitrogens with one attached hydrogen (secondary N) is 1. The molecule has 0 saturated carbocycles. The van der Waals surface area contributed by atoms with Gasteiger partial charge in [-0.25, -0.2) is 4.79 Å². The maximum Gasteiger partial charge on any atom is 0.419 e. The maximum atomic E-state index is 12.4. The van der Waals surface area contributed by atoms with Gasteiger partial charge in [0, 0.05) is 24.0 Å². The minimum atomic E-state index is -2.08. The van der Waals surface area contributed by atoms with Crippen LogP contribution in [0.4, 0.5) is 16.2 Å². The van der Waals surface area contributed by atoms with Crippen LogP contribution in [-0.2, 0) is 4.79 Å². The summed E-state index contributed by atoms with van der Waals surface area (Å²) in [6.45, 7) is 2.28. The van der Waals surface area contributed by atoms with Crippen molar-refractivity contribution < 1.29 is 14.3 Å². The Bertz CT molecular complexity index is 748. The van der Waals surface area contributed by atoms with Crippen LogP contribution in [0.2, 0.25) is 0 Å². The van der Waals surface area contributed by atoms with Gasteiger partial charge >= 0.3 is 6.09 Å². The van der Waals surface area contributed by atoms with Crippen molar-refractivity contribution in [1.29, 1.82) is 0 Å². The number of alkyl halides is 3. The number of hydrogen-bond acceptors (Lipinski definition) is 3. The van der Waals surface area contributed by atoms with E-state index >= 15 is 0 Å². The van der Waals surface area contributed by atoms with Crippen LogP contribution in [0.3, 0.4) is 0 Å². The van der Waals surface area contributed by atoms with Crippen molar-refractivity contribution in [1.82, 2.24) is 0 Å². The van der Waals surface area contributed by atoms with Crippen LogP contribution in [0.15, 0.2) is 54.6 Å². The third kappa shape index (κ3) is 5.53. The molecule has 0 aromatic heterocycles. The molecule has 0 aliphatic rings. The molecule has 8 heteroatoms. The van der Waals surface area contributed by atoms with E-state index in [9.17, 15) is 9.59 Å². The van der Waals surface area contributed by atoms with Crippen molar-refractivity contribution in [2.45, 2.75) is 10.7 Å². The number of hydrogen-bond donors (Lipinski definition) is 1. The fourth-order valence-corrected chi connectivity index (χ4v) is 2.16. The molecule has 0 aliphatic carbocycles. The fraction of sp³-hybridized carbons (Fsp3) is 0.176. The molecule has 25 heavy (non-hydrogen) atoms. The van der Waals surface area contributed by atoms with Crippen LogP contribution in [0.25, 0.3) is 0 Å². The van der Waals surface area contributed by atoms with E-state index in [-0.39, 0.29) is 5.75 Å². The molecule has 132 valence electrons. The van der Waals surface area contributed by atoms with Crippen LogP contribution < -0.4 is 15.0 Å². The number of amides is 2. The van der Waals surface area contributed by atoms with Crippen LogP contribution in [0.1, 0.15) is 6.92 Å². The number of ether oxygens (including phenoxy) is 1. The smallest absolute Gasteiger partial charge is 0.410 e. The number of halogens is 3. The lowest BCUT2D eigenvalue weighted by atomic mass is 10.3. The standard InChI is InChI=1S/C17H15Cl3N2O3/c1-2-22(13-8-4-3-5-9-13)16(24)25-14-10-6-7-12(11-14)21-15(23)17(18,19)20/h3-11H,2H2,1H3,(H,21,23). The molecule has 0 aliphatic heterocycles. The molecule has 0 bridgehead atoms. The van der Waals surface area contributed by atoms with Gasteiger partial charge < -0.3 is 10.1 Å². The number of benzene rings is 2. The summed E-state index contributed by atoms with van der Waals surface area (Å²) in [5.41, 5.74) is 1.06. The largest absolute Gasteiger partial charge is 0.419 e. The highest BCUT2D eigenvalue weighted by molar-refractivity contribution is 6.76. The van der Waals surface area contributed by atoms with Gasteiger partial charge in [-0.2, -0.15) is 0 Å². The molecule has 2 aromatic rings. The van der Waals surface area contributed by atoms with Gasteiger partial charge in [-0.1, -0.05) is 59.1 Å². The van der Waals surface area contributed by atoms with Crippen LogP contribution in [-0.4, -0.2) is 22.3 Å². The Kier molecular flexibility index (Phi) is 6.53. The van der Waals surface area contributed by atoms with Gasteiger partial charge in [0.15, 0.2) is 0 Å². The topological polar surface area (TPSA) is 58.6 Å². The first kappa shape index (κ1) is 19.4. The van der Waals surface area contributed by atoms with Crippen molar-refractivity contribution in [3.63, 3.8) is 0 Å². The van der Waals surface area contributed by atoms with Crippen molar-refractivity contribution in [2.24, 2.45) is 0 Å².